The van der Waals surface area contributed by atoms with Crippen molar-refractivity contribution in [1.29, 1.82) is 0 Å². The zero-order valence-electron chi connectivity index (χ0n) is 13.9. The lowest BCUT2D eigenvalue weighted by molar-refractivity contribution is -0.0458. The average molecular weight is 326 g/mol. The highest BCUT2D eigenvalue weighted by Gasteiger charge is 2.44. The number of ether oxygens (including phenoxy) is 2. The standard InChI is InChI=1S/C19H22N2O3/c1-23-16-11-19(24-12-16)7-3-9-21(13-19)18(22)15-5-6-17-14(10-15)4-2-8-20-17/h2,4-6,8,10,16H,3,7,9,11-13H2,1H3/t16-,19+/m1/s1. The van der Waals surface area contributed by atoms with E-state index >= 15 is 0 Å². The maximum atomic E-state index is 13.0. The Morgan fingerprint density at radius 3 is 3.17 bits per heavy atom. The van der Waals surface area contributed by atoms with E-state index in [1.54, 1.807) is 13.3 Å². The molecule has 0 radical (unpaired) electrons. The van der Waals surface area contributed by atoms with Crippen molar-refractivity contribution in [3.8, 4) is 0 Å². The monoisotopic (exact) mass is 326 g/mol. The van der Waals surface area contributed by atoms with Crippen LogP contribution in [-0.2, 0) is 9.47 Å². The van der Waals surface area contributed by atoms with Crippen molar-refractivity contribution in [2.45, 2.75) is 31.0 Å². The van der Waals surface area contributed by atoms with E-state index in [1.165, 1.54) is 0 Å². The Balaban J connectivity index is 1.55. The van der Waals surface area contributed by atoms with Crippen molar-refractivity contribution < 1.29 is 14.3 Å². The maximum absolute atomic E-state index is 13.0. The van der Waals surface area contributed by atoms with E-state index in [1.807, 2.05) is 35.2 Å². The lowest BCUT2D eigenvalue weighted by atomic mass is 9.89. The first-order chi connectivity index (χ1) is 11.7. The van der Waals surface area contributed by atoms with E-state index in [-0.39, 0.29) is 17.6 Å². The molecule has 0 saturated carbocycles. The number of aromatic nitrogens is 1. The minimum Gasteiger partial charge on any atom is -0.379 e. The Kier molecular flexibility index (Phi) is 3.98. The normalized spacial score (nSPS) is 27.0. The zero-order chi connectivity index (χ0) is 16.6. The van der Waals surface area contributed by atoms with E-state index in [9.17, 15) is 4.79 Å². The predicted octanol–water partition coefficient (Wildman–Crippen LogP) is 2.64. The predicted molar refractivity (Wildman–Crippen MR) is 91.0 cm³/mol. The van der Waals surface area contributed by atoms with Gasteiger partial charge in [0.2, 0.25) is 0 Å². The van der Waals surface area contributed by atoms with Gasteiger partial charge in [-0.1, -0.05) is 6.07 Å². The van der Waals surface area contributed by atoms with Crippen molar-refractivity contribution in [2.24, 2.45) is 0 Å². The van der Waals surface area contributed by atoms with Gasteiger partial charge >= 0.3 is 0 Å². The summed E-state index contributed by atoms with van der Waals surface area (Å²) >= 11 is 0. The van der Waals surface area contributed by atoms with Gasteiger partial charge in [0.15, 0.2) is 0 Å². The molecule has 1 amide bonds. The van der Waals surface area contributed by atoms with Crippen LogP contribution in [0.2, 0.25) is 0 Å². The Bertz CT molecular complexity index is 763. The molecule has 1 spiro atoms. The summed E-state index contributed by atoms with van der Waals surface area (Å²) in [5.41, 5.74) is 1.40. The minimum atomic E-state index is -0.229. The Hall–Kier alpha value is -1.98. The second kappa shape index (κ2) is 6.15. The van der Waals surface area contributed by atoms with Crippen molar-refractivity contribution >= 4 is 16.8 Å². The van der Waals surface area contributed by atoms with Gasteiger partial charge in [0.1, 0.15) is 0 Å². The van der Waals surface area contributed by atoms with Gasteiger partial charge in [-0.2, -0.15) is 0 Å². The number of hydrogen-bond acceptors (Lipinski definition) is 4. The number of likely N-dealkylation sites (tertiary alicyclic amines) is 1. The molecule has 2 fully saturated rings. The van der Waals surface area contributed by atoms with E-state index < -0.39 is 0 Å². The number of amides is 1. The molecule has 0 N–H and O–H groups in total. The summed E-state index contributed by atoms with van der Waals surface area (Å²) in [6, 6.07) is 9.59. The molecule has 0 unspecified atom stereocenters. The summed E-state index contributed by atoms with van der Waals surface area (Å²) in [6.07, 6.45) is 4.75. The molecule has 1 aromatic heterocycles. The number of nitrogens with zero attached hydrogens (tertiary/aromatic N) is 2. The number of rotatable bonds is 2. The molecule has 5 nitrogen and oxygen atoms in total. The fourth-order valence-electron chi connectivity index (χ4n) is 3.90. The van der Waals surface area contributed by atoms with Gasteiger partial charge in [0, 0.05) is 37.2 Å². The van der Waals surface area contributed by atoms with E-state index in [4.69, 9.17) is 9.47 Å². The van der Waals surface area contributed by atoms with Gasteiger partial charge in [-0.25, -0.2) is 0 Å². The van der Waals surface area contributed by atoms with Gasteiger partial charge in [-0.15, -0.1) is 0 Å². The van der Waals surface area contributed by atoms with Crippen molar-refractivity contribution in [2.75, 3.05) is 26.8 Å². The molecule has 126 valence electrons. The molecule has 2 atom stereocenters. The fraction of sp³-hybridized carbons (Fsp3) is 0.474. The van der Waals surface area contributed by atoms with Crippen molar-refractivity contribution in [3.05, 3.63) is 42.1 Å². The molecule has 2 aromatic rings. The van der Waals surface area contributed by atoms with Crippen LogP contribution in [0.15, 0.2) is 36.5 Å². The number of methoxy groups -OCH3 is 1. The minimum absolute atomic E-state index is 0.0734. The number of piperidine rings is 1. The summed E-state index contributed by atoms with van der Waals surface area (Å²) in [5, 5.41) is 0.992. The highest BCUT2D eigenvalue weighted by Crippen LogP contribution is 2.36. The van der Waals surface area contributed by atoms with Crippen LogP contribution in [-0.4, -0.2) is 54.3 Å². The molecule has 0 aliphatic carbocycles. The topological polar surface area (TPSA) is 51.7 Å². The number of pyridine rings is 1. The average Bonchev–Trinajstić information content (AvgIpc) is 3.03. The third-order valence-electron chi connectivity index (χ3n) is 5.19. The number of hydrogen-bond donors (Lipinski definition) is 0. The zero-order valence-corrected chi connectivity index (χ0v) is 13.9. The summed E-state index contributed by atoms with van der Waals surface area (Å²) in [7, 11) is 1.72. The summed E-state index contributed by atoms with van der Waals surface area (Å²) in [5.74, 6) is 0.0734. The largest absolute Gasteiger partial charge is 0.379 e. The number of benzene rings is 1. The fourth-order valence-corrected chi connectivity index (χ4v) is 3.90. The van der Waals surface area contributed by atoms with E-state index in [0.29, 0.717) is 18.7 Å². The SMILES string of the molecule is CO[C@H]1CO[C@@]2(CCCN(C(=O)c3ccc4ncccc4c3)C2)C1. The second-order valence-electron chi connectivity index (χ2n) is 6.80. The molecular weight excluding hydrogens is 304 g/mol. The third kappa shape index (κ3) is 2.78. The Morgan fingerprint density at radius 1 is 1.42 bits per heavy atom. The van der Waals surface area contributed by atoms with Crippen LogP contribution in [0.4, 0.5) is 0 Å². The number of carbonyl (C=O) groups excluding carboxylic acids is 1. The molecule has 2 aliphatic rings. The molecular formula is C19H22N2O3. The quantitative estimate of drug-likeness (QED) is 0.851. The molecule has 3 heterocycles. The molecule has 2 aliphatic heterocycles. The van der Waals surface area contributed by atoms with Crippen LogP contribution in [0.1, 0.15) is 29.6 Å². The summed E-state index contributed by atoms with van der Waals surface area (Å²) < 4.78 is 11.5. The molecule has 24 heavy (non-hydrogen) atoms. The van der Waals surface area contributed by atoms with Gasteiger partial charge in [-0.05, 0) is 37.1 Å². The van der Waals surface area contributed by atoms with Gasteiger partial charge in [0.05, 0.1) is 30.4 Å². The van der Waals surface area contributed by atoms with Gasteiger partial charge in [-0.3, -0.25) is 9.78 Å². The van der Waals surface area contributed by atoms with Crippen LogP contribution in [0.3, 0.4) is 0 Å². The Labute approximate surface area is 141 Å². The highest BCUT2D eigenvalue weighted by molar-refractivity contribution is 5.98. The van der Waals surface area contributed by atoms with Crippen LogP contribution in [0, 0.1) is 0 Å². The molecule has 4 rings (SSSR count). The summed E-state index contributed by atoms with van der Waals surface area (Å²) in [4.78, 5) is 19.2. The molecule has 1 aromatic carbocycles. The first-order valence-electron chi connectivity index (χ1n) is 8.50. The smallest absolute Gasteiger partial charge is 0.253 e. The van der Waals surface area contributed by atoms with Crippen LogP contribution in [0.25, 0.3) is 10.9 Å². The maximum Gasteiger partial charge on any atom is 0.253 e. The summed E-state index contributed by atoms with van der Waals surface area (Å²) in [6.45, 7) is 2.06. The number of fused-ring (bicyclic) bond motifs is 1. The van der Waals surface area contributed by atoms with E-state index in [2.05, 4.69) is 4.98 Å². The van der Waals surface area contributed by atoms with Crippen LogP contribution in [0.5, 0.6) is 0 Å². The van der Waals surface area contributed by atoms with E-state index in [0.717, 1.165) is 36.7 Å². The third-order valence-corrected chi connectivity index (χ3v) is 5.19. The highest BCUT2D eigenvalue weighted by atomic mass is 16.6. The first kappa shape index (κ1) is 15.5. The lowest BCUT2D eigenvalue weighted by Gasteiger charge is -2.39. The Morgan fingerprint density at radius 2 is 2.33 bits per heavy atom. The van der Waals surface area contributed by atoms with Gasteiger partial charge in [0.25, 0.3) is 5.91 Å². The van der Waals surface area contributed by atoms with Gasteiger partial charge < -0.3 is 14.4 Å². The molecule has 5 heteroatoms. The van der Waals surface area contributed by atoms with Crippen molar-refractivity contribution in [1.82, 2.24) is 9.88 Å². The molecule has 2 saturated heterocycles. The van der Waals surface area contributed by atoms with Crippen molar-refractivity contribution in [3.63, 3.8) is 0 Å². The first-order valence-corrected chi connectivity index (χ1v) is 8.50. The van der Waals surface area contributed by atoms with Crippen LogP contribution >= 0.6 is 0 Å². The second-order valence-corrected chi connectivity index (χ2v) is 6.80. The molecule has 0 bridgehead atoms. The lowest BCUT2D eigenvalue weighted by Crippen LogP contribution is -2.50. The van der Waals surface area contributed by atoms with Crippen LogP contribution < -0.4 is 0 Å². The number of carbonyl (C=O) groups is 1.